The van der Waals surface area contributed by atoms with Gasteiger partial charge in [-0.2, -0.15) is 0 Å². The van der Waals surface area contributed by atoms with E-state index in [4.69, 9.17) is 0 Å². The molecule has 180 valence electrons. The van der Waals surface area contributed by atoms with Crippen LogP contribution < -0.4 is 5.32 Å². The summed E-state index contributed by atoms with van der Waals surface area (Å²) in [5.41, 5.74) is 2.70. The van der Waals surface area contributed by atoms with E-state index < -0.39 is 0 Å². The van der Waals surface area contributed by atoms with Crippen LogP contribution in [0.5, 0.6) is 0 Å². The van der Waals surface area contributed by atoms with Crippen LogP contribution >= 0.6 is 0 Å². The molecule has 2 saturated carbocycles. The van der Waals surface area contributed by atoms with Gasteiger partial charge >= 0.3 is 0 Å². The van der Waals surface area contributed by atoms with Gasteiger partial charge in [0.05, 0.1) is 12.1 Å². The van der Waals surface area contributed by atoms with Crippen molar-refractivity contribution in [3.63, 3.8) is 0 Å². The van der Waals surface area contributed by atoms with Gasteiger partial charge in [0.2, 0.25) is 11.8 Å². The minimum atomic E-state index is -0.0477. The van der Waals surface area contributed by atoms with Crippen LogP contribution in [0, 0.1) is 11.8 Å². The van der Waals surface area contributed by atoms with Crippen molar-refractivity contribution in [2.45, 2.75) is 89.1 Å². The minimum absolute atomic E-state index is 0.0477. The molecule has 1 N–H and O–H groups in total. The number of nitrogens with one attached hydrogen (secondary N) is 1. The summed E-state index contributed by atoms with van der Waals surface area (Å²) in [7, 11) is 0. The van der Waals surface area contributed by atoms with E-state index in [0.717, 1.165) is 71.1 Å². The number of amides is 2. The molecule has 0 spiro atoms. The highest BCUT2D eigenvalue weighted by molar-refractivity contribution is 5.83. The number of carbonyl (C=O) groups excluding carboxylic acids is 2. The Morgan fingerprint density at radius 2 is 1.52 bits per heavy atom. The molecule has 2 amide bonds. The van der Waals surface area contributed by atoms with Crippen molar-refractivity contribution in [2.75, 3.05) is 26.2 Å². The van der Waals surface area contributed by atoms with Crippen molar-refractivity contribution >= 4 is 11.8 Å². The van der Waals surface area contributed by atoms with Crippen molar-refractivity contribution in [3.8, 4) is 0 Å². The van der Waals surface area contributed by atoms with Gasteiger partial charge in [-0.1, -0.05) is 56.4 Å². The normalized spacial score (nSPS) is 26.1. The van der Waals surface area contributed by atoms with Crippen LogP contribution in [-0.4, -0.2) is 53.8 Å². The molecule has 3 fully saturated rings. The molecule has 2 atom stereocenters. The number of hydrogen-bond donors (Lipinski definition) is 1. The fourth-order valence-corrected chi connectivity index (χ4v) is 6.94. The summed E-state index contributed by atoms with van der Waals surface area (Å²) in [5.74, 6) is 1.28. The molecule has 1 saturated heterocycles. The lowest BCUT2D eigenvalue weighted by Gasteiger charge is -2.42. The smallest absolute Gasteiger partial charge is 0.238 e. The largest absolute Gasteiger partial charge is 0.348 e. The molecule has 1 aliphatic heterocycles. The fourth-order valence-electron chi connectivity index (χ4n) is 6.94. The summed E-state index contributed by atoms with van der Waals surface area (Å²) in [5, 5.41) is 3.47. The van der Waals surface area contributed by atoms with Crippen molar-refractivity contribution in [1.82, 2.24) is 15.1 Å². The molecule has 1 aromatic carbocycles. The molecular weight excluding hydrogens is 410 g/mol. The monoisotopic (exact) mass is 451 g/mol. The van der Waals surface area contributed by atoms with Crippen LogP contribution in [0.1, 0.15) is 87.8 Å². The number of hydrogen-bond acceptors (Lipinski definition) is 3. The molecule has 3 aliphatic carbocycles. The van der Waals surface area contributed by atoms with Gasteiger partial charge in [0, 0.05) is 32.1 Å². The van der Waals surface area contributed by atoms with Crippen LogP contribution in [0.25, 0.3) is 0 Å². The summed E-state index contributed by atoms with van der Waals surface area (Å²) in [6, 6.07) is 8.71. The van der Waals surface area contributed by atoms with Gasteiger partial charge < -0.3 is 10.2 Å². The Morgan fingerprint density at radius 3 is 2.27 bits per heavy atom. The molecule has 1 aromatic rings. The maximum absolute atomic E-state index is 13.7. The second-order valence-corrected chi connectivity index (χ2v) is 10.8. The Kier molecular flexibility index (Phi) is 7.34. The van der Waals surface area contributed by atoms with E-state index in [2.05, 4.69) is 39.4 Å². The molecule has 0 aromatic heterocycles. The van der Waals surface area contributed by atoms with Crippen molar-refractivity contribution in [2.24, 2.45) is 11.8 Å². The molecule has 5 heteroatoms. The zero-order valence-corrected chi connectivity index (χ0v) is 20.1. The Hall–Kier alpha value is -1.88. The summed E-state index contributed by atoms with van der Waals surface area (Å²) < 4.78 is 0. The third-order valence-electron chi connectivity index (χ3n) is 8.77. The molecule has 33 heavy (non-hydrogen) atoms. The van der Waals surface area contributed by atoms with Gasteiger partial charge in [0.1, 0.15) is 0 Å². The first kappa shape index (κ1) is 22.9. The number of carbonyl (C=O) groups is 2. The second-order valence-electron chi connectivity index (χ2n) is 10.8. The lowest BCUT2D eigenvalue weighted by Crippen LogP contribution is -2.58. The second kappa shape index (κ2) is 10.6. The van der Waals surface area contributed by atoms with E-state index in [1.165, 1.54) is 43.2 Å². The lowest BCUT2D eigenvalue weighted by atomic mass is 9.87. The predicted octanol–water partition coefficient (Wildman–Crippen LogP) is 4.46. The highest BCUT2D eigenvalue weighted by Gasteiger charge is 2.39. The van der Waals surface area contributed by atoms with Gasteiger partial charge in [-0.05, 0) is 62.0 Å². The zero-order chi connectivity index (χ0) is 22.6. The summed E-state index contributed by atoms with van der Waals surface area (Å²) >= 11 is 0. The van der Waals surface area contributed by atoms with Gasteiger partial charge in [-0.15, -0.1) is 0 Å². The maximum Gasteiger partial charge on any atom is 0.238 e. The van der Waals surface area contributed by atoms with Gasteiger partial charge in [0.25, 0.3) is 0 Å². The number of rotatable bonds is 5. The Morgan fingerprint density at radius 1 is 0.818 bits per heavy atom. The number of nitrogens with zero attached hydrogens (tertiary/aromatic N) is 2. The van der Waals surface area contributed by atoms with Crippen LogP contribution in [-0.2, 0) is 16.0 Å². The molecule has 5 rings (SSSR count). The van der Waals surface area contributed by atoms with Crippen LogP contribution in [0.15, 0.2) is 24.3 Å². The number of fused-ring (bicyclic) bond motifs is 1. The highest BCUT2D eigenvalue weighted by atomic mass is 16.2. The molecule has 1 heterocycles. The predicted molar refractivity (Wildman–Crippen MR) is 131 cm³/mol. The highest BCUT2D eigenvalue weighted by Crippen LogP contribution is 2.34. The van der Waals surface area contributed by atoms with Crippen molar-refractivity contribution in [3.05, 3.63) is 35.4 Å². The third-order valence-corrected chi connectivity index (χ3v) is 8.77. The number of benzene rings is 1. The van der Waals surface area contributed by atoms with E-state index in [-0.39, 0.29) is 23.9 Å². The number of aryl methyl sites for hydroxylation is 1. The van der Waals surface area contributed by atoms with Crippen molar-refractivity contribution < 1.29 is 9.59 Å². The van der Waals surface area contributed by atoms with E-state index in [1.807, 2.05) is 0 Å². The summed E-state index contributed by atoms with van der Waals surface area (Å²) in [6.45, 7) is 3.21. The average Bonchev–Trinajstić information content (AvgIpc) is 3.39. The minimum Gasteiger partial charge on any atom is -0.348 e. The first-order chi connectivity index (χ1) is 16.2. The SMILES string of the molecule is O=C(NC1CCCc2ccccc21)C(C1CCCC1)N1CCN(C(=O)C2CCCCC2)CC1. The standard InChI is InChI=1S/C28H41N3O2/c32-27(29-25-16-8-14-21-9-6-7-15-24(21)25)26(22-10-4-5-11-22)30-17-19-31(20-18-30)28(33)23-12-2-1-3-13-23/h6-7,9,15,22-23,25-26H,1-5,8,10-14,16-20H2,(H,29,32). The van der Waals surface area contributed by atoms with E-state index in [1.54, 1.807) is 0 Å². The molecule has 2 unspecified atom stereocenters. The van der Waals surface area contributed by atoms with Crippen molar-refractivity contribution in [1.29, 1.82) is 0 Å². The maximum atomic E-state index is 13.7. The van der Waals surface area contributed by atoms with E-state index in [0.29, 0.717) is 11.8 Å². The summed E-state index contributed by atoms with van der Waals surface area (Å²) in [4.78, 5) is 31.3. The first-order valence-electron chi connectivity index (χ1n) is 13.6. The zero-order valence-electron chi connectivity index (χ0n) is 20.1. The molecular formula is C28H41N3O2. The van der Waals surface area contributed by atoms with Crippen LogP contribution in [0.3, 0.4) is 0 Å². The van der Waals surface area contributed by atoms with Crippen LogP contribution in [0.2, 0.25) is 0 Å². The third kappa shape index (κ3) is 5.13. The van der Waals surface area contributed by atoms with Gasteiger partial charge in [0.15, 0.2) is 0 Å². The lowest BCUT2D eigenvalue weighted by molar-refractivity contribution is -0.140. The topological polar surface area (TPSA) is 52.7 Å². The molecule has 0 radical (unpaired) electrons. The van der Waals surface area contributed by atoms with E-state index >= 15 is 0 Å². The Bertz CT molecular complexity index is 820. The Labute approximate surface area is 199 Å². The fraction of sp³-hybridized carbons (Fsp3) is 0.714. The molecule has 4 aliphatic rings. The Balaban J connectivity index is 1.24. The summed E-state index contributed by atoms with van der Waals surface area (Å²) in [6.07, 6.45) is 13.9. The molecule has 0 bridgehead atoms. The van der Waals surface area contributed by atoms with Gasteiger partial charge in [-0.3, -0.25) is 14.5 Å². The van der Waals surface area contributed by atoms with E-state index in [9.17, 15) is 9.59 Å². The number of piperazine rings is 1. The average molecular weight is 452 g/mol. The van der Waals surface area contributed by atoms with Crippen LogP contribution in [0.4, 0.5) is 0 Å². The van der Waals surface area contributed by atoms with Gasteiger partial charge in [-0.25, -0.2) is 0 Å². The first-order valence-corrected chi connectivity index (χ1v) is 13.6. The quantitative estimate of drug-likeness (QED) is 0.719. The molecule has 5 nitrogen and oxygen atoms in total.